The third kappa shape index (κ3) is 41.2. The molecule has 0 aliphatic carbocycles. The van der Waals surface area contributed by atoms with E-state index in [4.69, 9.17) is 44.3 Å². The monoisotopic (exact) mass is 1910 g/mol. The summed E-state index contributed by atoms with van der Waals surface area (Å²) in [7, 11) is 1.36. The van der Waals surface area contributed by atoms with Gasteiger partial charge in [0.1, 0.15) is 23.1 Å². The molecule has 30 heteroatoms. The van der Waals surface area contributed by atoms with Crippen LogP contribution in [0.4, 0.5) is 92.2 Å². The molecule has 9 aromatic carbocycles. The molecule has 0 saturated carbocycles. The van der Waals surface area contributed by atoms with Gasteiger partial charge in [-0.3, -0.25) is 0 Å². The van der Waals surface area contributed by atoms with Crippen LogP contribution in [0.3, 0.4) is 0 Å². The Morgan fingerprint density at radius 1 is 0.352 bits per heavy atom. The topological polar surface area (TPSA) is 46.2 Å². The number of methoxy groups -OCH3 is 1. The average molecular weight is 1920 g/mol. The predicted molar refractivity (Wildman–Crippen MR) is 464 cm³/mol. The van der Waals surface area contributed by atoms with Gasteiger partial charge in [-0.25, -0.2) is 4.39 Å². The highest BCUT2D eigenvalue weighted by Crippen LogP contribution is 2.44. The largest absolute Gasteiger partial charge is 0.586 e. The summed E-state index contributed by atoms with van der Waals surface area (Å²) in [6, 6.07) is 39.7. The molecule has 696 valence electrons. The van der Waals surface area contributed by atoms with Crippen LogP contribution in [0, 0.1) is 26.6 Å². The lowest BCUT2D eigenvalue weighted by molar-refractivity contribution is -0.286. The van der Waals surface area contributed by atoms with Crippen LogP contribution in [0.15, 0.2) is 168 Å². The van der Waals surface area contributed by atoms with Gasteiger partial charge in [0, 0.05) is 25.6 Å². The van der Waals surface area contributed by atoms with Crippen molar-refractivity contribution in [2.45, 2.75) is 257 Å². The second kappa shape index (κ2) is 50.0. The number of aryl methyl sites for hydroxylation is 3. The molecule has 0 amide bonds. The summed E-state index contributed by atoms with van der Waals surface area (Å²) < 4.78 is 283. The van der Waals surface area contributed by atoms with Crippen molar-refractivity contribution in [1.29, 1.82) is 0 Å². The fraction of sp³-hybridized carbons (Fsp3) is 0.432. The molecule has 0 N–H and O–H groups in total. The first-order chi connectivity index (χ1) is 56.6. The summed E-state index contributed by atoms with van der Waals surface area (Å²) in [6.45, 7) is 42.1. The summed E-state index contributed by atoms with van der Waals surface area (Å²) in [4.78, 5) is 0. The molecule has 9 aromatic rings. The molecular weight excluding hydrogens is 1810 g/mol. The van der Waals surface area contributed by atoms with Gasteiger partial charge in [0.25, 0.3) is 0 Å². The van der Waals surface area contributed by atoms with E-state index in [1.165, 1.54) is 81.1 Å². The first-order valence-corrected chi connectivity index (χ1v) is 41.0. The van der Waals surface area contributed by atoms with Gasteiger partial charge < -0.3 is 23.7 Å². The van der Waals surface area contributed by atoms with Crippen molar-refractivity contribution < 1.29 is 116 Å². The Hall–Kier alpha value is -8.14. The summed E-state index contributed by atoms with van der Waals surface area (Å²) in [5.74, 6) is 2.42. The lowest BCUT2D eigenvalue weighted by atomic mass is 9.96. The fourth-order valence-electron chi connectivity index (χ4n) is 11.0. The van der Waals surface area contributed by atoms with E-state index >= 15 is 0 Å². The molecule has 0 fully saturated rings. The second-order valence-corrected chi connectivity index (χ2v) is 33.5. The third-order valence-corrected chi connectivity index (χ3v) is 19.3. The Labute approximate surface area is 745 Å². The Bertz CT molecular complexity index is 4700. The zero-order valence-electron chi connectivity index (χ0n) is 73.0. The van der Waals surface area contributed by atoms with Crippen LogP contribution in [0.2, 0.25) is 15.1 Å². The van der Waals surface area contributed by atoms with E-state index in [1.54, 1.807) is 68.4 Å². The molecule has 0 atom stereocenters. The van der Waals surface area contributed by atoms with Crippen molar-refractivity contribution in [1.82, 2.24) is 0 Å². The molecule has 1 aliphatic rings. The van der Waals surface area contributed by atoms with Crippen molar-refractivity contribution in [2.75, 3.05) is 13.7 Å². The van der Waals surface area contributed by atoms with Crippen molar-refractivity contribution in [3.8, 4) is 28.7 Å². The molecule has 0 bridgehead atoms. The van der Waals surface area contributed by atoms with E-state index in [9.17, 15) is 92.2 Å². The molecule has 0 saturated heterocycles. The lowest BCUT2D eigenvalue weighted by Crippen LogP contribution is -2.25. The van der Waals surface area contributed by atoms with E-state index in [1.807, 2.05) is 129 Å². The Morgan fingerprint density at radius 2 is 0.752 bits per heavy atom. The molecule has 1 heterocycles. The minimum Gasteiger partial charge on any atom is -0.497 e. The number of ether oxygens (including phenoxy) is 5. The lowest BCUT2D eigenvalue weighted by Gasteiger charge is -2.13. The first kappa shape index (κ1) is 115. The molecule has 10 rings (SSSR count). The van der Waals surface area contributed by atoms with Gasteiger partial charge in [0.15, 0.2) is 11.5 Å². The van der Waals surface area contributed by atoms with Crippen LogP contribution in [-0.2, 0) is 30.9 Å². The predicted octanol–water partition coefficient (Wildman–Crippen LogP) is 36.4. The van der Waals surface area contributed by atoms with E-state index in [0.29, 0.717) is 60.4 Å². The summed E-state index contributed by atoms with van der Waals surface area (Å²) in [5, 5.41) is 1.80. The van der Waals surface area contributed by atoms with Gasteiger partial charge in [-0.15, -0.1) is 22.0 Å². The van der Waals surface area contributed by atoms with Crippen LogP contribution in [0.1, 0.15) is 287 Å². The van der Waals surface area contributed by atoms with Crippen LogP contribution in [-0.4, -0.2) is 26.4 Å². The van der Waals surface area contributed by atoms with Crippen LogP contribution in [0.25, 0.3) is 0 Å². The van der Waals surface area contributed by atoms with E-state index in [2.05, 4.69) is 44.0 Å². The van der Waals surface area contributed by atoms with Gasteiger partial charge in [0.05, 0.1) is 41.5 Å². The minimum absolute atomic E-state index is 0. The van der Waals surface area contributed by atoms with Crippen molar-refractivity contribution in [3.05, 3.63) is 284 Å². The molecule has 125 heavy (non-hydrogen) atoms. The van der Waals surface area contributed by atoms with Crippen molar-refractivity contribution in [3.63, 3.8) is 0 Å². The quantitative estimate of drug-likeness (QED) is 0.108. The normalized spacial score (nSPS) is 12.3. The third-order valence-electron chi connectivity index (χ3n) is 18.1. The maximum atomic E-state index is 13.0. The van der Waals surface area contributed by atoms with Gasteiger partial charge in [-0.1, -0.05) is 219 Å². The second-order valence-electron chi connectivity index (χ2n) is 31.3. The molecule has 0 aromatic heterocycles. The van der Waals surface area contributed by atoms with Crippen LogP contribution >= 0.6 is 50.7 Å². The standard InChI is InChI=1S/C11H13F3O.3C11H13F3.C11H15FO.C10H10BrF3O.C10H10ClF3.C10H10F2O2.C9H10Cl2.CH4/c1-7(2)8-4-9(11(12,13)14)6-10(5-8)15-3;1-7(2)9-4-5-10(8(3)6-9)11(12,13)14;1-7(2)10-6-9(11(12,13)14)5-4-8(10)3;1-7(2)9-5-4-8(3)10(6-9)11(12,13)14;1-4-13-11-6-9(8(2)3)5-10(12)7-11;1-6(2)7-3-8(11)5-9(4-7)15-10(12,13)14;1-6(2)8-5-7(10(12,13)14)3-4-9(8)11;1-6(2)7-3-4-8-9(5-7)14-10(11,12)13-8;1-6(2)7-3-8(10)5-9(11)4-7;/h4-7H,1-3H3;3*4-7H,1-3H3;5-8H,4H2,1-3H3;3-6H,1-2H3;2*3-6H,1-2H3;3-6H,1-2H3;1H4. The Morgan fingerprint density at radius 3 is 1.19 bits per heavy atom. The van der Waals surface area contributed by atoms with Crippen LogP contribution < -0.4 is 23.7 Å². The number of hydrogen-bond acceptors (Lipinski definition) is 5. The molecule has 1 aliphatic heterocycles. The summed E-state index contributed by atoms with van der Waals surface area (Å²) >= 11 is 20.5. The van der Waals surface area contributed by atoms with Gasteiger partial charge in [0.2, 0.25) is 0 Å². The SMILES string of the molecule is C.CC(C)c1cc(Br)cc(OC(F)(F)F)c1.CC(C)c1cc(C(F)(F)F)ccc1Cl.CC(C)c1cc(Cl)cc(Cl)c1.CC(C)c1ccc2c(c1)OC(F)(F)O2.CCOc1cc(F)cc(C(C)C)c1.COc1cc(C(C)C)cc(C(F)(F)F)c1.Cc1cc(C(C)C)ccc1C(F)(F)F.Cc1ccc(C(C)C)cc1C(F)(F)F.Cc1ccc(C(F)(F)F)cc1C(C)C. The number of fused-ring (bicyclic) bond motifs is 1. The van der Waals surface area contributed by atoms with Gasteiger partial charge in [-0.05, 0) is 269 Å². The number of rotatable bonds is 13. The number of benzene rings is 9. The van der Waals surface area contributed by atoms with E-state index in [-0.39, 0.29) is 83.2 Å². The smallest absolute Gasteiger partial charge is 0.497 e. The highest BCUT2D eigenvalue weighted by Gasteiger charge is 2.44. The zero-order valence-corrected chi connectivity index (χ0v) is 76.8. The summed E-state index contributed by atoms with van der Waals surface area (Å²) in [5.41, 5.74) is 6.04. The summed E-state index contributed by atoms with van der Waals surface area (Å²) in [6.07, 6.45) is -29.5. The Balaban J connectivity index is 0.000000703. The Kier molecular flexibility index (Phi) is 45.9. The van der Waals surface area contributed by atoms with Crippen molar-refractivity contribution >= 4 is 50.7 Å². The van der Waals surface area contributed by atoms with Crippen molar-refractivity contribution in [2.24, 2.45) is 0 Å². The maximum absolute atomic E-state index is 13.0. The zero-order chi connectivity index (χ0) is 95.6. The van der Waals surface area contributed by atoms with Crippen LogP contribution in [0.5, 0.6) is 28.7 Å². The molecule has 5 nitrogen and oxygen atoms in total. The molecule has 0 spiro atoms. The van der Waals surface area contributed by atoms with E-state index < -0.39 is 71.4 Å². The molecule has 0 unspecified atom stereocenters. The minimum atomic E-state index is -4.64. The first-order valence-electron chi connectivity index (χ1n) is 39.1. The highest BCUT2D eigenvalue weighted by molar-refractivity contribution is 9.10. The number of halogens is 25. The number of hydrogen-bond donors (Lipinski definition) is 0. The highest BCUT2D eigenvalue weighted by atomic mass is 79.9. The average Bonchev–Trinajstić information content (AvgIpc) is 1.73. The molecule has 0 radical (unpaired) electrons. The van der Waals surface area contributed by atoms with E-state index in [0.717, 1.165) is 75.3 Å². The van der Waals surface area contributed by atoms with Gasteiger partial charge >= 0.3 is 43.5 Å². The molecular formula is C95H111BrCl3F21O5. The maximum Gasteiger partial charge on any atom is 0.586 e. The number of alkyl halides is 20. The van der Waals surface area contributed by atoms with Gasteiger partial charge in [-0.2, -0.15) is 65.9 Å². The fourth-order valence-corrected chi connectivity index (χ4v) is 12.4.